The first-order chi connectivity index (χ1) is 17.6. The molecule has 1 aliphatic carbocycles. The van der Waals surface area contributed by atoms with E-state index in [1.807, 2.05) is 6.92 Å². The Balaban J connectivity index is 1.35. The van der Waals surface area contributed by atoms with Crippen LogP contribution in [0.3, 0.4) is 0 Å². The molecule has 1 saturated carbocycles. The zero-order valence-electron chi connectivity index (χ0n) is 20.9. The maximum atomic E-state index is 14.1. The number of halogens is 3. The van der Waals surface area contributed by atoms with Crippen molar-refractivity contribution in [2.24, 2.45) is 17.1 Å². The van der Waals surface area contributed by atoms with Gasteiger partial charge in [0.1, 0.15) is 0 Å². The number of pyridine rings is 1. The van der Waals surface area contributed by atoms with E-state index in [0.29, 0.717) is 63.4 Å². The van der Waals surface area contributed by atoms with Gasteiger partial charge >= 0.3 is 12.2 Å². The smallest absolute Gasteiger partial charge is 0.379 e. The lowest BCUT2D eigenvalue weighted by Crippen LogP contribution is -2.52. The van der Waals surface area contributed by atoms with Crippen molar-refractivity contribution in [3.63, 3.8) is 0 Å². The number of nitrogens with two attached hydrogens (primary N) is 1. The van der Waals surface area contributed by atoms with Crippen LogP contribution in [0.25, 0.3) is 0 Å². The molecule has 0 bridgehead atoms. The number of hydrogen-bond donors (Lipinski definition) is 2. The number of urea groups is 1. The van der Waals surface area contributed by atoms with Crippen molar-refractivity contribution >= 4 is 11.9 Å². The summed E-state index contributed by atoms with van der Waals surface area (Å²) >= 11 is 0. The van der Waals surface area contributed by atoms with Gasteiger partial charge in [-0.05, 0) is 43.7 Å². The Morgan fingerprint density at radius 2 is 2.16 bits per heavy atom. The Labute approximate surface area is 213 Å². The molecule has 9 nitrogen and oxygen atoms in total. The molecule has 37 heavy (non-hydrogen) atoms. The number of nitrogens with one attached hydrogen (secondary N) is 1. The number of fused-ring (bicyclic) bond motifs is 2. The summed E-state index contributed by atoms with van der Waals surface area (Å²) in [5.74, 6) is -0.210. The number of primary amides is 1. The second-order valence-corrected chi connectivity index (χ2v) is 10.6. The van der Waals surface area contributed by atoms with E-state index in [2.05, 4.69) is 10.3 Å². The fourth-order valence-electron chi connectivity index (χ4n) is 6.65. The molecule has 5 atom stereocenters. The second kappa shape index (κ2) is 10.0. The number of amides is 3. The molecule has 0 radical (unpaired) electrons. The highest BCUT2D eigenvalue weighted by Crippen LogP contribution is 2.50. The van der Waals surface area contributed by atoms with Gasteiger partial charge in [-0.25, -0.2) is 4.79 Å². The minimum absolute atomic E-state index is 0.0469. The van der Waals surface area contributed by atoms with Crippen LogP contribution in [0, 0.1) is 11.3 Å². The van der Waals surface area contributed by atoms with Crippen molar-refractivity contribution in [1.29, 1.82) is 0 Å². The van der Waals surface area contributed by atoms with Crippen molar-refractivity contribution < 1.29 is 32.2 Å². The van der Waals surface area contributed by atoms with Gasteiger partial charge in [0.15, 0.2) is 0 Å². The second-order valence-electron chi connectivity index (χ2n) is 10.6. The Morgan fingerprint density at radius 1 is 1.35 bits per heavy atom. The van der Waals surface area contributed by atoms with Gasteiger partial charge in [0, 0.05) is 69.8 Å². The van der Waals surface area contributed by atoms with Gasteiger partial charge in [-0.1, -0.05) is 0 Å². The molecule has 12 heteroatoms. The molecule has 1 aromatic rings. The lowest BCUT2D eigenvalue weighted by Gasteiger charge is -2.37. The van der Waals surface area contributed by atoms with Crippen LogP contribution in [0.5, 0.6) is 0 Å². The lowest BCUT2D eigenvalue weighted by molar-refractivity contribution is -0.143. The van der Waals surface area contributed by atoms with Gasteiger partial charge in [-0.15, -0.1) is 0 Å². The van der Waals surface area contributed by atoms with Gasteiger partial charge < -0.3 is 30.3 Å². The van der Waals surface area contributed by atoms with Crippen molar-refractivity contribution in [2.75, 3.05) is 39.5 Å². The lowest BCUT2D eigenvalue weighted by atomic mass is 9.78. The molecule has 0 spiro atoms. The third-order valence-electron chi connectivity index (χ3n) is 8.40. The van der Waals surface area contributed by atoms with Crippen molar-refractivity contribution in [1.82, 2.24) is 20.1 Å². The average Bonchev–Trinajstić information content (AvgIpc) is 3.39. The maximum Gasteiger partial charge on any atom is 0.417 e. The summed E-state index contributed by atoms with van der Waals surface area (Å²) in [7, 11) is 0. The number of carbonyl (C=O) groups is 2. The van der Waals surface area contributed by atoms with Crippen LogP contribution in [0.2, 0.25) is 0 Å². The Morgan fingerprint density at radius 3 is 2.89 bits per heavy atom. The number of ether oxygens (including phenoxy) is 2. The molecule has 204 valence electrons. The van der Waals surface area contributed by atoms with Gasteiger partial charge in [-0.2, -0.15) is 13.2 Å². The summed E-state index contributed by atoms with van der Waals surface area (Å²) in [6, 6.07) is 0.686. The standard InChI is InChI=1S/C25H34F3N5O4/c1-2-37-21-13-36-6-4-20(21)31-18-8-17-12-33(23(29)35)14-24(17,9-18)22(34)32-5-3-19-15(11-32)7-16(10-30-19)25(26,27)28/h7,10,17-18,20-21,31H,2-6,8-9,11-14H2,1H3,(H2,29,35)/t17-,18+,20?,21?,24-/m0/s1. The van der Waals surface area contributed by atoms with E-state index in [4.69, 9.17) is 15.2 Å². The minimum Gasteiger partial charge on any atom is -0.379 e. The van der Waals surface area contributed by atoms with Gasteiger partial charge in [0.25, 0.3) is 0 Å². The van der Waals surface area contributed by atoms with E-state index in [1.54, 1.807) is 4.90 Å². The quantitative estimate of drug-likeness (QED) is 0.608. The third-order valence-corrected chi connectivity index (χ3v) is 8.40. The largest absolute Gasteiger partial charge is 0.417 e. The molecule has 4 aliphatic rings. The first kappa shape index (κ1) is 26.2. The molecule has 0 aromatic carbocycles. The molecule has 1 aromatic heterocycles. The van der Waals surface area contributed by atoms with Crippen LogP contribution in [0.1, 0.15) is 43.0 Å². The molecule has 5 rings (SSSR count). The van der Waals surface area contributed by atoms with Gasteiger partial charge in [0.05, 0.1) is 23.7 Å². The third kappa shape index (κ3) is 5.03. The molecule has 3 aliphatic heterocycles. The van der Waals surface area contributed by atoms with E-state index < -0.39 is 23.2 Å². The number of nitrogens with zero attached hydrogens (tertiary/aromatic N) is 3. The van der Waals surface area contributed by atoms with E-state index in [1.165, 1.54) is 4.90 Å². The number of aromatic nitrogens is 1. The summed E-state index contributed by atoms with van der Waals surface area (Å²) in [4.78, 5) is 33.3. The highest BCUT2D eigenvalue weighted by Gasteiger charge is 2.59. The average molecular weight is 526 g/mol. The molecular weight excluding hydrogens is 491 g/mol. The minimum atomic E-state index is -4.50. The molecule has 3 fully saturated rings. The van der Waals surface area contributed by atoms with Crippen LogP contribution in [0.15, 0.2) is 12.3 Å². The fraction of sp³-hybridized carbons (Fsp3) is 0.720. The molecule has 3 N–H and O–H groups in total. The van der Waals surface area contributed by atoms with Crippen LogP contribution in [-0.4, -0.2) is 84.4 Å². The highest BCUT2D eigenvalue weighted by molar-refractivity contribution is 5.86. The summed E-state index contributed by atoms with van der Waals surface area (Å²) in [6.07, 6.45) is -1.29. The predicted octanol–water partition coefficient (Wildman–Crippen LogP) is 1.93. The normalized spacial score (nSPS) is 31.8. The number of rotatable bonds is 5. The summed E-state index contributed by atoms with van der Waals surface area (Å²) in [5.41, 5.74) is 4.96. The summed E-state index contributed by atoms with van der Waals surface area (Å²) in [6.45, 7) is 4.74. The van der Waals surface area contributed by atoms with Gasteiger partial charge in [0.2, 0.25) is 5.91 Å². The SMILES string of the molecule is CCOC1COCCC1N[C@@H]1C[C@H]2CN(C(N)=O)C[C@@]2(C(=O)N2CCc3ncc(C(F)(F)F)cc3C2)C1. The maximum absolute atomic E-state index is 14.1. The Hall–Kier alpha value is -2.44. The zero-order chi connectivity index (χ0) is 26.4. The van der Waals surface area contributed by atoms with Crippen LogP contribution in [-0.2, 0) is 33.4 Å². The fourth-order valence-corrected chi connectivity index (χ4v) is 6.65. The van der Waals surface area contributed by atoms with Crippen molar-refractivity contribution in [3.8, 4) is 0 Å². The van der Waals surface area contributed by atoms with E-state index in [-0.39, 0.29) is 43.1 Å². The molecule has 2 unspecified atom stereocenters. The molecular formula is C25H34F3N5O4. The summed E-state index contributed by atoms with van der Waals surface area (Å²) in [5, 5.41) is 3.70. The van der Waals surface area contributed by atoms with Crippen LogP contribution in [0.4, 0.5) is 18.0 Å². The highest BCUT2D eigenvalue weighted by atomic mass is 19.4. The van der Waals surface area contributed by atoms with Crippen molar-refractivity contribution in [3.05, 3.63) is 29.1 Å². The molecule has 4 heterocycles. The number of likely N-dealkylation sites (tertiary alicyclic amines) is 1. The Kier molecular flexibility index (Phi) is 7.10. The van der Waals surface area contributed by atoms with Crippen LogP contribution >= 0.6 is 0 Å². The van der Waals surface area contributed by atoms with E-state index >= 15 is 0 Å². The topological polar surface area (TPSA) is 110 Å². The van der Waals surface area contributed by atoms with E-state index in [0.717, 1.165) is 18.7 Å². The Bertz CT molecular complexity index is 1040. The first-order valence-electron chi connectivity index (χ1n) is 12.9. The predicted molar refractivity (Wildman–Crippen MR) is 126 cm³/mol. The molecule has 3 amide bonds. The number of alkyl halides is 3. The van der Waals surface area contributed by atoms with Gasteiger partial charge in [-0.3, -0.25) is 9.78 Å². The van der Waals surface area contributed by atoms with Crippen molar-refractivity contribution in [2.45, 2.75) is 63.5 Å². The molecule has 2 saturated heterocycles. The summed E-state index contributed by atoms with van der Waals surface area (Å²) < 4.78 is 51.3. The van der Waals surface area contributed by atoms with Crippen LogP contribution < -0.4 is 11.1 Å². The monoisotopic (exact) mass is 525 g/mol. The number of carbonyl (C=O) groups excluding carboxylic acids is 2. The van der Waals surface area contributed by atoms with E-state index in [9.17, 15) is 22.8 Å². The number of hydrogen-bond acceptors (Lipinski definition) is 6. The first-order valence-corrected chi connectivity index (χ1v) is 12.9. The zero-order valence-corrected chi connectivity index (χ0v) is 20.9.